The Hall–Kier alpha value is -2.48. The van der Waals surface area contributed by atoms with Gasteiger partial charge in [-0.15, -0.1) is 0 Å². The second-order valence-corrected chi connectivity index (χ2v) is 8.52. The summed E-state index contributed by atoms with van der Waals surface area (Å²) in [4.78, 5) is 13.0. The summed E-state index contributed by atoms with van der Waals surface area (Å²) in [7, 11) is 0. The zero-order valence-electron chi connectivity index (χ0n) is 18.4. The Morgan fingerprint density at radius 1 is 1.31 bits per heavy atom. The third-order valence-electron chi connectivity index (χ3n) is 5.82. The monoisotopic (exact) mass is 464 g/mol. The molecule has 0 spiro atoms. The quantitative estimate of drug-likeness (QED) is 0.605. The molecule has 8 heteroatoms. The molecule has 172 valence electrons. The van der Waals surface area contributed by atoms with Gasteiger partial charge in [-0.2, -0.15) is 0 Å². The van der Waals surface area contributed by atoms with E-state index in [0.717, 1.165) is 23.6 Å². The lowest BCUT2D eigenvalue weighted by Crippen LogP contribution is -2.54. The normalized spacial score (nSPS) is 21.2. The van der Waals surface area contributed by atoms with Crippen LogP contribution in [0.1, 0.15) is 48.6 Å². The largest absolute Gasteiger partial charge is 0.481 e. The zero-order chi connectivity index (χ0) is 23.8. The number of anilines is 1. The maximum absolute atomic E-state index is 14.5. The molecule has 3 N–H and O–H groups in total. The minimum Gasteiger partial charge on any atom is -0.481 e. The first kappa shape index (κ1) is 24.2. The highest BCUT2D eigenvalue weighted by Crippen LogP contribution is 2.45. The second kappa shape index (κ2) is 9.17. The molecular formula is C24H27ClF2N2O3. The van der Waals surface area contributed by atoms with Gasteiger partial charge in [0.1, 0.15) is 18.4 Å². The zero-order valence-corrected chi connectivity index (χ0v) is 19.2. The molecule has 2 aromatic carbocycles. The molecule has 0 amide bonds. The molecule has 1 aliphatic heterocycles. The number of halogens is 3. The summed E-state index contributed by atoms with van der Waals surface area (Å²) in [6.45, 7) is 6.28. The molecule has 1 aliphatic rings. The standard InChI is InChI=1S/C24H27ClF2N2O3/c1-5-18-20(12-21(30)31)32-22(16-8-6-7-13(2)14(16)3)17-11-15(25)9-10-19(17)29(18)23(28)24(4,26)27/h5-11,20,22-23H,12,28H2,1-4H3,(H,30,31)/b18-5+/t20-,22-,23?/m1/s1. The topological polar surface area (TPSA) is 75.8 Å². The summed E-state index contributed by atoms with van der Waals surface area (Å²) in [6, 6.07) is 10.6. The van der Waals surface area contributed by atoms with Crippen molar-refractivity contribution in [2.24, 2.45) is 5.73 Å². The number of nitrogens with zero attached hydrogens (tertiary/aromatic N) is 1. The average Bonchev–Trinajstić information content (AvgIpc) is 2.82. The second-order valence-electron chi connectivity index (χ2n) is 8.08. The van der Waals surface area contributed by atoms with Crippen molar-refractivity contribution in [2.45, 2.75) is 58.4 Å². The van der Waals surface area contributed by atoms with Crippen LogP contribution in [0.5, 0.6) is 0 Å². The minimum absolute atomic E-state index is 0.262. The molecule has 3 rings (SSSR count). The Kier molecular flexibility index (Phi) is 6.93. The van der Waals surface area contributed by atoms with Gasteiger partial charge in [0.2, 0.25) is 0 Å². The highest BCUT2D eigenvalue weighted by atomic mass is 35.5. The molecule has 0 saturated heterocycles. The maximum atomic E-state index is 14.5. The molecule has 5 nitrogen and oxygen atoms in total. The van der Waals surface area contributed by atoms with Gasteiger partial charge in [0.25, 0.3) is 5.92 Å². The fourth-order valence-electron chi connectivity index (χ4n) is 4.03. The van der Waals surface area contributed by atoms with Crippen LogP contribution < -0.4 is 10.6 Å². The van der Waals surface area contributed by atoms with Crippen LogP contribution in [0.2, 0.25) is 5.02 Å². The average molecular weight is 465 g/mol. The van der Waals surface area contributed by atoms with Gasteiger partial charge in [-0.1, -0.05) is 35.9 Å². The number of carboxylic acids is 1. The van der Waals surface area contributed by atoms with E-state index in [1.807, 2.05) is 32.0 Å². The van der Waals surface area contributed by atoms with Crippen LogP contribution in [0, 0.1) is 13.8 Å². The van der Waals surface area contributed by atoms with Crippen molar-refractivity contribution in [3.05, 3.63) is 75.4 Å². The van der Waals surface area contributed by atoms with Gasteiger partial charge < -0.3 is 20.5 Å². The number of benzene rings is 2. The number of fused-ring (bicyclic) bond motifs is 1. The Morgan fingerprint density at radius 3 is 2.59 bits per heavy atom. The molecule has 0 aromatic heterocycles. The van der Waals surface area contributed by atoms with Crippen molar-refractivity contribution < 1.29 is 23.4 Å². The van der Waals surface area contributed by atoms with Crippen molar-refractivity contribution in [3.63, 3.8) is 0 Å². The van der Waals surface area contributed by atoms with Crippen molar-refractivity contribution in [1.29, 1.82) is 0 Å². The summed E-state index contributed by atoms with van der Waals surface area (Å²) in [5.41, 5.74) is 10.0. The molecular weight excluding hydrogens is 438 g/mol. The predicted octanol–water partition coefficient (Wildman–Crippen LogP) is 5.57. The van der Waals surface area contributed by atoms with Crippen LogP contribution in [0.4, 0.5) is 14.5 Å². The van der Waals surface area contributed by atoms with E-state index in [4.69, 9.17) is 22.1 Å². The Morgan fingerprint density at radius 2 is 2.00 bits per heavy atom. The number of ether oxygens (including phenoxy) is 1. The van der Waals surface area contributed by atoms with Gasteiger partial charge in [-0.05, 0) is 55.7 Å². The molecule has 32 heavy (non-hydrogen) atoms. The summed E-state index contributed by atoms with van der Waals surface area (Å²) in [6.07, 6.45) is -2.33. The fraction of sp³-hybridized carbons (Fsp3) is 0.375. The van der Waals surface area contributed by atoms with E-state index in [1.165, 1.54) is 4.90 Å². The summed E-state index contributed by atoms with van der Waals surface area (Å²) >= 11 is 6.30. The molecule has 2 aromatic rings. The third kappa shape index (κ3) is 4.65. The van der Waals surface area contributed by atoms with Gasteiger partial charge in [0.15, 0.2) is 0 Å². The van der Waals surface area contributed by atoms with Crippen LogP contribution in [0.15, 0.2) is 48.2 Å². The number of hydrogen-bond donors (Lipinski definition) is 2. The maximum Gasteiger partial charge on any atom is 0.306 e. The first-order valence-electron chi connectivity index (χ1n) is 10.3. The van der Waals surface area contributed by atoms with E-state index >= 15 is 0 Å². The van der Waals surface area contributed by atoms with Crippen molar-refractivity contribution in [1.82, 2.24) is 0 Å². The molecule has 0 saturated carbocycles. The fourth-order valence-corrected chi connectivity index (χ4v) is 4.21. The highest BCUT2D eigenvalue weighted by molar-refractivity contribution is 6.30. The number of carbonyl (C=O) groups is 1. The summed E-state index contributed by atoms with van der Waals surface area (Å²) in [5.74, 6) is -4.40. The minimum atomic E-state index is -3.28. The number of aryl methyl sites for hydroxylation is 1. The first-order chi connectivity index (χ1) is 15.0. The predicted molar refractivity (Wildman–Crippen MR) is 121 cm³/mol. The first-order valence-corrected chi connectivity index (χ1v) is 10.6. The van der Waals surface area contributed by atoms with Crippen molar-refractivity contribution in [3.8, 4) is 0 Å². The number of alkyl halides is 2. The van der Waals surface area contributed by atoms with Crippen molar-refractivity contribution in [2.75, 3.05) is 4.90 Å². The molecule has 3 atom stereocenters. The molecule has 0 bridgehead atoms. The van der Waals surface area contributed by atoms with Crippen LogP contribution in [-0.2, 0) is 9.53 Å². The Bertz CT molecular complexity index is 1050. The van der Waals surface area contributed by atoms with Gasteiger partial charge >= 0.3 is 5.97 Å². The lowest BCUT2D eigenvalue weighted by molar-refractivity contribution is -0.140. The lowest BCUT2D eigenvalue weighted by Gasteiger charge is -2.37. The van der Waals surface area contributed by atoms with E-state index < -0.39 is 36.7 Å². The number of nitrogens with two attached hydrogens (primary N) is 1. The van der Waals surface area contributed by atoms with E-state index in [2.05, 4.69) is 0 Å². The number of hydrogen-bond acceptors (Lipinski definition) is 4. The van der Waals surface area contributed by atoms with E-state index in [9.17, 15) is 18.7 Å². The van der Waals surface area contributed by atoms with Crippen LogP contribution in [-0.4, -0.2) is 29.3 Å². The van der Waals surface area contributed by atoms with Gasteiger partial charge in [0, 0.05) is 28.9 Å². The molecule has 1 unspecified atom stereocenters. The van der Waals surface area contributed by atoms with Gasteiger partial charge in [-0.25, -0.2) is 8.78 Å². The lowest BCUT2D eigenvalue weighted by atomic mass is 9.93. The summed E-state index contributed by atoms with van der Waals surface area (Å²) < 4.78 is 35.3. The molecule has 0 aliphatic carbocycles. The molecule has 0 radical (unpaired) electrons. The number of allylic oxidation sites excluding steroid dienone is 1. The highest BCUT2D eigenvalue weighted by Gasteiger charge is 2.43. The van der Waals surface area contributed by atoms with E-state index in [-0.39, 0.29) is 5.70 Å². The number of aliphatic carboxylic acids is 1. The molecule has 0 fully saturated rings. The summed E-state index contributed by atoms with van der Waals surface area (Å²) in [5, 5.41) is 9.95. The third-order valence-corrected chi connectivity index (χ3v) is 6.06. The van der Waals surface area contributed by atoms with Gasteiger partial charge in [0.05, 0.1) is 6.42 Å². The molecule has 1 heterocycles. The van der Waals surface area contributed by atoms with E-state index in [1.54, 1.807) is 31.2 Å². The van der Waals surface area contributed by atoms with Crippen LogP contribution in [0.3, 0.4) is 0 Å². The van der Waals surface area contributed by atoms with Gasteiger partial charge in [-0.3, -0.25) is 4.79 Å². The van der Waals surface area contributed by atoms with E-state index in [0.29, 0.717) is 16.3 Å². The SMILES string of the molecule is C/C=C1\[C@@H](CC(=O)O)O[C@H](c2cccc(C)c2C)c2cc(Cl)ccc2N1C(N)C(C)(F)F. The smallest absolute Gasteiger partial charge is 0.306 e. The van der Waals surface area contributed by atoms with Crippen LogP contribution >= 0.6 is 11.6 Å². The van der Waals surface area contributed by atoms with Crippen molar-refractivity contribution >= 4 is 23.3 Å². The number of carboxylic acid groups (broad SMARTS) is 1. The van der Waals surface area contributed by atoms with Crippen LogP contribution in [0.25, 0.3) is 0 Å². The Balaban J connectivity index is 2.34. The Labute approximate surface area is 191 Å². The number of rotatable bonds is 5.